The number of ether oxygens (including phenoxy) is 1. The van der Waals surface area contributed by atoms with Crippen molar-refractivity contribution in [3.8, 4) is 0 Å². The molecule has 0 aromatic rings. The Hall–Kier alpha value is -1.89. The van der Waals surface area contributed by atoms with Crippen molar-refractivity contribution in [3.05, 3.63) is 12.2 Å². The lowest BCUT2D eigenvalue weighted by molar-refractivity contribution is -0.144. The van der Waals surface area contributed by atoms with E-state index in [-0.39, 0.29) is 0 Å². The molecular weight excluding hydrogens is 228 g/mol. The fourth-order valence-electron chi connectivity index (χ4n) is 0.794. The Morgan fingerprint density at radius 2 is 1.94 bits per heavy atom. The van der Waals surface area contributed by atoms with Gasteiger partial charge in [0.1, 0.15) is 0 Å². The highest BCUT2D eigenvalue weighted by atomic mass is 16.5. The van der Waals surface area contributed by atoms with Crippen LogP contribution in [0.3, 0.4) is 0 Å². The Bertz CT molecular complexity index is 312. The third kappa shape index (κ3) is 10.4. The van der Waals surface area contributed by atoms with Crippen LogP contribution in [-0.4, -0.2) is 61.6 Å². The van der Waals surface area contributed by atoms with E-state index in [9.17, 15) is 14.4 Å². The zero-order valence-electron chi connectivity index (χ0n) is 9.80. The van der Waals surface area contributed by atoms with E-state index in [1.807, 2.05) is 19.0 Å². The molecule has 0 radical (unpaired) electrons. The van der Waals surface area contributed by atoms with Gasteiger partial charge in [-0.1, -0.05) is 0 Å². The van der Waals surface area contributed by atoms with E-state index >= 15 is 0 Å². The Kier molecular flexibility index (Phi) is 7.36. The summed E-state index contributed by atoms with van der Waals surface area (Å²) >= 11 is 0. The van der Waals surface area contributed by atoms with Gasteiger partial charge in [0.05, 0.1) is 0 Å². The van der Waals surface area contributed by atoms with Gasteiger partial charge in [0.2, 0.25) is 0 Å². The summed E-state index contributed by atoms with van der Waals surface area (Å²) in [6, 6.07) is 0. The minimum atomic E-state index is -1.25. The minimum absolute atomic E-state index is 0.420. The number of carbonyl (C=O) groups excluding carboxylic acids is 2. The van der Waals surface area contributed by atoms with E-state index in [4.69, 9.17) is 5.11 Å². The maximum Gasteiger partial charge on any atom is 0.331 e. The van der Waals surface area contributed by atoms with E-state index in [0.717, 1.165) is 6.08 Å². The predicted octanol–water partition coefficient (Wildman–Crippen LogP) is -1.15. The van der Waals surface area contributed by atoms with Gasteiger partial charge in [0, 0.05) is 25.2 Å². The molecule has 0 aliphatic carbocycles. The van der Waals surface area contributed by atoms with Crippen LogP contribution in [0.2, 0.25) is 0 Å². The number of amides is 1. The summed E-state index contributed by atoms with van der Waals surface area (Å²) in [5.74, 6) is -2.54. The Labute approximate surface area is 99.0 Å². The SMILES string of the molecule is CN(C)CCNC(=O)COC(=O)C=CC(=O)O. The number of aliphatic carboxylic acids is 1. The highest BCUT2D eigenvalue weighted by Crippen LogP contribution is 1.82. The van der Waals surface area contributed by atoms with Gasteiger partial charge in [0.25, 0.3) is 5.91 Å². The molecule has 0 aromatic carbocycles. The van der Waals surface area contributed by atoms with E-state index in [1.165, 1.54) is 0 Å². The Balaban J connectivity index is 3.70. The van der Waals surface area contributed by atoms with Crippen molar-refractivity contribution < 1.29 is 24.2 Å². The molecule has 0 atom stereocenters. The van der Waals surface area contributed by atoms with Crippen LogP contribution < -0.4 is 5.32 Å². The van der Waals surface area contributed by atoms with Crippen LogP contribution in [0.1, 0.15) is 0 Å². The maximum absolute atomic E-state index is 11.1. The molecule has 0 saturated carbocycles. The molecule has 0 rings (SSSR count). The summed E-state index contributed by atoms with van der Waals surface area (Å²) in [6.07, 6.45) is 1.39. The molecule has 0 aliphatic rings. The van der Waals surface area contributed by atoms with Crippen LogP contribution in [0.4, 0.5) is 0 Å². The van der Waals surface area contributed by atoms with E-state index in [0.29, 0.717) is 19.2 Å². The molecule has 96 valence electrons. The second-order valence-corrected chi connectivity index (χ2v) is 3.43. The number of nitrogens with one attached hydrogen (secondary N) is 1. The monoisotopic (exact) mass is 244 g/mol. The minimum Gasteiger partial charge on any atom is -0.478 e. The van der Waals surface area contributed by atoms with Crippen molar-refractivity contribution in [1.29, 1.82) is 0 Å². The molecule has 0 fully saturated rings. The van der Waals surface area contributed by atoms with Crippen LogP contribution >= 0.6 is 0 Å². The largest absolute Gasteiger partial charge is 0.478 e. The first-order chi connectivity index (χ1) is 7.91. The van der Waals surface area contributed by atoms with Gasteiger partial charge in [-0.25, -0.2) is 9.59 Å². The van der Waals surface area contributed by atoms with Crippen molar-refractivity contribution in [2.75, 3.05) is 33.8 Å². The highest BCUT2D eigenvalue weighted by Gasteiger charge is 2.04. The van der Waals surface area contributed by atoms with Crippen LogP contribution in [0.15, 0.2) is 12.2 Å². The highest BCUT2D eigenvalue weighted by molar-refractivity contribution is 5.91. The molecule has 7 nitrogen and oxygen atoms in total. The number of carbonyl (C=O) groups is 3. The topological polar surface area (TPSA) is 95.9 Å². The number of hydrogen-bond donors (Lipinski definition) is 2. The first-order valence-corrected chi connectivity index (χ1v) is 4.91. The fraction of sp³-hybridized carbons (Fsp3) is 0.500. The molecule has 0 unspecified atom stereocenters. The van der Waals surface area contributed by atoms with Crippen molar-refractivity contribution in [2.24, 2.45) is 0 Å². The van der Waals surface area contributed by atoms with Gasteiger partial charge in [-0.15, -0.1) is 0 Å². The first-order valence-electron chi connectivity index (χ1n) is 4.91. The Morgan fingerprint density at radius 1 is 1.29 bits per heavy atom. The van der Waals surface area contributed by atoms with Crippen LogP contribution in [0.5, 0.6) is 0 Å². The molecule has 17 heavy (non-hydrogen) atoms. The maximum atomic E-state index is 11.1. The lowest BCUT2D eigenvalue weighted by Crippen LogP contribution is -2.34. The van der Waals surface area contributed by atoms with Crippen molar-refractivity contribution in [1.82, 2.24) is 10.2 Å². The van der Waals surface area contributed by atoms with E-state index in [2.05, 4.69) is 10.1 Å². The molecule has 0 heterocycles. The number of rotatable bonds is 7. The normalized spacial score (nSPS) is 10.5. The van der Waals surface area contributed by atoms with Crippen molar-refractivity contribution in [3.63, 3.8) is 0 Å². The summed E-state index contributed by atoms with van der Waals surface area (Å²) < 4.78 is 4.50. The molecule has 0 saturated heterocycles. The number of carboxylic acid groups (broad SMARTS) is 1. The average Bonchev–Trinajstić information content (AvgIpc) is 2.23. The first kappa shape index (κ1) is 15.1. The molecule has 2 N–H and O–H groups in total. The molecular formula is C10H16N2O5. The summed E-state index contributed by atoms with van der Waals surface area (Å²) in [4.78, 5) is 34.0. The summed E-state index contributed by atoms with van der Waals surface area (Å²) in [5, 5.41) is 10.8. The number of likely N-dealkylation sites (N-methyl/N-ethyl adjacent to an activating group) is 1. The van der Waals surface area contributed by atoms with E-state index < -0.39 is 24.5 Å². The number of hydrogen-bond acceptors (Lipinski definition) is 5. The average molecular weight is 244 g/mol. The van der Waals surface area contributed by atoms with Gasteiger partial charge in [-0.05, 0) is 14.1 Å². The lowest BCUT2D eigenvalue weighted by atomic mass is 10.5. The molecule has 1 amide bonds. The smallest absolute Gasteiger partial charge is 0.331 e. The summed E-state index contributed by atoms with van der Waals surface area (Å²) in [7, 11) is 3.73. The number of esters is 1. The van der Waals surface area contributed by atoms with Crippen LogP contribution in [0, 0.1) is 0 Å². The van der Waals surface area contributed by atoms with Crippen LogP contribution in [0.25, 0.3) is 0 Å². The molecule has 7 heteroatoms. The predicted molar refractivity (Wildman–Crippen MR) is 59.3 cm³/mol. The Morgan fingerprint density at radius 3 is 2.47 bits per heavy atom. The molecule has 0 spiro atoms. The van der Waals surface area contributed by atoms with Gasteiger partial charge in [-0.2, -0.15) is 0 Å². The summed E-state index contributed by atoms with van der Waals surface area (Å²) in [5.41, 5.74) is 0. The lowest BCUT2D eigenvalue weighted by Gasteiger charge is -2.10. The second-order valence-electron chi connectivity index (χ2n) is 3.43. The zero-order valence-corrected chi connectivity index (χ0v) is 9.80. The van der Waals surface area contributed by atoms with Gasteiger partial charge < -0.3 is 20.1 Å². The van der Waals surface area contributed by atoms with Gasteiger partial charge >= 0.3 is 11.9 Å². The van der Waals surface area contributed by atoms with Crippen LogP contribution in [-0.2, 0) is 19.1 Å². The van der Waals surface area contributed by atoms with E-state index in [1.54, 1.807) is 0 Å². The zero-order chi connectivity index (χ0) is 13.3. The third-order valence-electron chi connectivity index (χ3n) is 1.59. The number of carboxylic acids is 1. The quantitative estimate of drug-likeness (QED) is 0.433. The van der Waals surface area contributed by atoms with Crippen molar-refractivity contribution >= 4 is 17.8 Å². The van der Waals surface area contributed by atoms with Gasteiger partial charge in [-0.3, -0.25) is 4.79 Å². The van der Waals surface area contributed by atoms with Gasteiger partial charge in [0.15, 0.2) is 6.61 Å². The summed E-state index contributed by atoms with van der Waals surface area (Å²) in [6.45, 7) is 0.711. The fourth-order valence-corrected chi connectivity index (χ4v) is 0.794. The molecule has 0 aliphatic heterocycles. The third-order valence-corrected chi connectivity index (χ3v) is 1.59. The molecule has 0 aromatic heterocycles. The second kappa shape index (κ2) is 8.28. The standard InChI is InChI=1S/C10H16N2O5/c1-12(2)6-5-11-8(13)7-17-10(16)4-3-9(14)15/h3-4H,5-7H2,1-2H3,(H,11,13)(H,14,15). The molecule has 0 bridgehead atoms. The van der Waals surface area contributed by atoms with Crippen molar-refractivity contribution in [2.45, 2.75) is 0 Å². The number of nitrogens with zero attached hydrogens (tertiary/aromatic N) is 1.